The first-order chi connectivity index (χ1) is 12.3. The maximum atomic E-state index is 13.7. The first-order valence-corrected chi connectivity index (χ1v) is 8.89. The van der Waals surface area contributed by atoms with Crippen LogP contribution in [0.5, 0.6) is 0 Å². The summed E-state index contributed by atoms with van der Waals surface area (Å²) in [6, 6.07) is 8.49. The van der Waals surface area contributed by atoms with Gasteiger partial charge >= 0.3 is 0 Å². The van der Waals surface area contributed by atoms with E-state index < -0.39 is 29.0 Å². The second-order valence-electron chi connectivity index (χ2n) is 5.50. The summed E-state index contributed by atoms with van der Waals surface area (Å²) in [5.41, 5.74) is -0.0577. The zero-order valence-electron chi connectivity index (χ0n) is 13.9. The molecule has 2 rings (SSSR count). The van der Waals surface area contributed by atoms with Crippen LogP contribution < -0.4 is 5.32 Å². The number of nitrogens with one attached hydrogen (secondary N) is 1. The van der Waals surface area contributed by atoms with Crippen LogP contribution in [0.3, 0.4) is 0 Å². The summed E-state index contributed by atoms with van der Waals surface area (Å²) in [5, 5.41) is 2.17. The summed E-state index contributed by atoms with van der Waals surface area (Å²) in [6.45, 7) is 1.83. The van der Waals surface area contributed by atoms with Crippen LogP contribution in [0.1, 0.15) is 23.7 Å². The van der Waals surface area contributed by atoms with Gasteiger partial charge in [-0.15, -0.1) is 0 Å². The van der Waals surface area contributed by atoms with Crippen LogP contribution in [0.2, 0.25) is 0 Å². The number of amides is 2. The van der Waals surface area contributed by atoms with Crippen molar-refractivity contribution in [3.05, 3.63) is 63.0 Å². The van der Waals surface area contributed by atoms with Gasteiger partial charge < -0.3 is 10.2 Å². The first-order valence-electron chi connectivity index (χ1n) is 7.81. The van der Waals surface area contributed by atoms with E-state index in [1.165, 1.54) is 4.90 Å². The lowest BCUT2D eigenvalue weighted by Gasteiger charge is -2.22. The van der Waals surface area contributed by atoms with Crippen molar-refractivity contribution >= 4 is 40.1 Å². The molecule has 0 saturated heterocycles. The third-order valence-electron chi connectivity index (χ3n) is 3.52. The molecule has 0 heterocycles. The summed E-state index contributed by atoms with van der Waals surface area (Å²) >= 11 is 2.11. The molecule has 0 aromatic heterocycles. The number of carbonyl (C=O) groups excluding carboxylic acids is 2. The maximum Gasteiger partial charge on any atom is 0.254 e. The number of anilines is 1. The molecule has 0 radical (unpaired) electrons. The number of nitrogens with zero attached hydrogens (tertiary/aromatic N) is 1. The Bertz CT molecular complexity index is 813. The van der Waals surface area contributed by atoms with Crippen molar-refractivity contribution in [2.45, 2.75) is 13.3 Å². The minimum Gasteiger partial charge on any atom is -0.329 e. The quantitative estimate of drug-likeness (QED) is 0.502. The van der Waals surface area contributed by atoms with E-state index in [1.54, 1.807) is 24.3 Å². The molecule has 0 atom stereocenters. The van der Waals surface area contributed by atoms with E-state index >= 15 is 0 Å². The molecule has 4 nitrogen and oxygen atoms in total. The molecule has 2 aromatic rings. The van der Waals surface area contributed by atoms with Gasteiger partial charge in [0.1, 0.15) is 6.54 Å². The topological polar surface area (TPSA) is 49.4 Å². The number of halogens is 4. The van der Waals surface area contributed by atoms with Crippen molar-refractivity contribution in [1.82, 2.24) is 4.90 Å². The van der Waals surface area contributed by atoms with Gasteiger partial charge in [0.2, 0.25) is 5.91 Å². The Hall–Kier alpha value is -2.10. The molecule has 0 aliphatic rings. The summed E-state index contributed by atoms with van der Waals surface area (Å²) in [6.07, 6.45) is 0.614. The van der Waals surface area contributed by atoms with E-state index in [-0.39, 0.29) is 12.5 Å². The second kappa shape index (κ2) is 9.02. The second-order valence-corrected chi connectivity index (χ2v) is 6.75. The van der Waals surface area contributed by atoms with Crippen LogP contribution in [0.4, 0.5) is 18.9 Å². The molecule has 0 aliphatic carbocycles. The third kappa shape index (κ3) is 4.96. The number of hydrogen-bond acceptors (Lipinski definition) is 2. The van der Waals surface area contributed by atoms with Crippen molar-refractivity contribution < 1.29 is 22.8 Å². The summed E-state index contributed by atoms with van der Waals surface area (Å²) in [7, 11) is 0. The molecule has 1 N–H and O–H groups in total. The fraction of sp³-hybridized carbons (Fsp3) is 0.222. The zero-order valence-corrected chi connectivity index (χ0v) is 16.0. The lowest BCUT2D eigenvalue weighted by Crippen LogP contribution is -2.38. The number of benzene rings is 2. The highest BCUT2D eigenvalue weighted by Gasteiger charge is 2.20. The summed E-state index contributed by atoms with van der Waals surface area (Å²) in [5.74, 6) is -5.54. The Morgan fingerprint density at radius 1 is 1.04 bits per heavy atom. The Balaban J connectivity index is 2.11. The molecule has 0 aliphatic heterocycles. The molecule has 26 heavy (non-hydrogen) atoms. The van der Waals surface area contributed by atoms with Crippen molar-refractivity contribution in [2.24, 2.45) is 0 Å². The normalized spacial score (nSPS) is 10.5. The largest absolute Gasteiger partial charge is 0.329 e. The minimum atomic E-state index is -1.66. The van der Waals surface area contributed by atoms with Gasteiger partial charge in [-0.2, -0.15) is 0 Å². The van der Waals surface area contributed by atoms with Crippen LogP contribution in [0, 0.1) is 21.0 Å². The molecule has 0 spiro atoms. The predicted molar refractivity (Wildman–Crippen MR) is 100 cm³/mol. The lowest BCUT2D eigenvalue weighted by atomic mass is 10.2. The van der Waals surface area contributed by atoms with Gasteiger partial charge in [-0.1, -0.05) is 6.92 Å². The fourth-order valence-electron chi connectivity index (χ4n) is 2.28. The Morgan fingerprint density at radius 2 is 1.69 bits per heavy atom. The highest BCUT2D eigenvalue weighted by atomic mass is 127. The SMILES string of the molecule is CCCN(CC(=O)Nc1ccc(F)c(F)c1F)C(=O)c1ccc(I)cc1. The van der Waals surface area contributed by atoms with E-state index in [2.05, 4.69) is 27.9 Å². The monoisotopic (exact) mass is 476 g/mol. The molecule has 0 bridgehead atoms. The van der Waals surface area contributed by atoms with Gasteiger partial charge in [-0.25, -0.2) is 13.2 Å². The molecular formula is C18H16F3IN2O2. The van der Waals surface area contributed by atoms with Crippen LogP contribution in [-0.4, -0.2) is 29.8 Å². The van der Waals surface area contributed by atoms with Gasteiger partial charge in [0.05, 0.1) is 5.69 Å². The summed E-state index contributed by atoms with van der Waals surface area (Å²) in [4.78, 5) is 26.0. The standard InChI is InChI=1S/C18H16F3IN2O2/c1-2-9-24(18(26)11-3-5-12(22)6-4-11)10-15(25)23-14-8-7-13(19)16(20)17(14)21/h3-8H,2,9-10H2,1H3,(H,23,25). The molecule has 2 amide bonds. The molecule has 0 fully saturated rings. The number of rotatable bonds is 6. The maximum absolute atomic E-state index is 13.7. The van der Waals surface area contributed by atoms with Crippen LogP contribution >= 0.6 is 22.6 Å². The van der Waals surface area contributed by atoms with E-state index in [0.29, 0.717) is 24.6 Å². The van der Waals surface area contributed by atoms with Gasteiger partial charge in [0.25, 0.3) is 5.91 Å². The fourth-order valence-corrected chi connectivity index (χ4v) is 2.64. The molecule has 0 unspecified atom stereocenters. The van der Waals surface area contributed by atoms with E-state index in [0.717, 1.165) is 9.64 Å². The first kappa shape index (κ1) is 20.2. The Morgan fingerprint density at radius 3 is 2.31 bits per heavy atom. The minimum absolute atomic E-state index is 0.318. The average Bonchev–Trinajstić information content (AvgIpc) is 2.62. The highest BCUT2D eigenvalue weighted by Crippen LogP contribution is 2.19. The van der Waals surface area contributed by atoms with Gasteiger partial charge in [0, 0.05) is 15.7 Å². The Kier molecular flexibility index (Phi) is 7.01. The average molecular weight is 476 g/mol. The summed E-state index contributed by atoms with van der Waals surface area (Å²) < 4.78 is 40.8. The van der Waals surface area contributed by atoms with Gasteiger partial charge in [0.15, 0.2) is 17.5 Å². The van der Waals surface area contributed by atoms with Gasteiger partial charge in [-0.05, 0) is 65.4 Å². The molecular weight excluding hydrogens is 460 g/mol. The van der Waals surface area contributed by atoms with Crippen LogP contribution in [0.25, 0.3) is 0 Å². The van der Waals surface area contributed by atoms with Crippen molar-refractivity contribution in [2.75, 3.05) is 18.4 Å². The van der Waals surface area contributed by atoms with Gasteiger partial charge in [-0.3, -0.25) is 9.59 Å². The van der Waals surface area contributed by atoms with E-state index in [4.69, 9.17) is 0 Å². The molecule has 2 aromatic carbocycles. The van der Waals surface area contributed by atoms with E-state index in [9.17, 15) is 22.8 Å². The predicted octanol–water partition coefficient (Wildman–Crippen LogP) is 4.20. The Labute approximate surface area is 162 Å². The van der Waals surface area contributed by atoms with E-state index in [1.807, 2.05) is 6.92 Å². The smallest absolute Gasteiger partial charge is 0.254 e. The van der Waals surface area contributed by atoms with Crippen molar-refractivity contribution in [3.8, 4) is 0 Å². The number of hydrogen-bond donors (Lipinski definition) is 1. The van der Waals surface area contributed by atoms with Crippen molar-refractivity contribution in [1.29, 1.82) is 0 Å². The van der Waals surface area contributed by atoms with Crippen LogP contribution in [-0.2, 0) is 4.79 Å². The number of carbonyl (C=O) groups is 2. The molecule has 0 saturated carbocycles. The third-order valence-corrected chi connectivity index (χ3v) is 4.23. The highest BCUT2D eigenvalue weighted by molar-refractivity contribution is 14.1. The van der Waals surface area contributed by atoms with Crippen molar-refractivity contribution in [3.63, 3.8) is 0 Å². The zero-order chi connectivity index (χ0) is 19.3. The van der Waals surface area contributed by atoms with Crippen LogP contribution in [0.15, 0.2) is 36.4 Å². The lowest BCUT2D eigenvalue weighted by molar-refractivity contribution is -0.116. The molecule has 138 valence electrons. The molecule has 8 heteroatoms.